The molecule has 0 radical (unpaired) electrons. The minimum absolute atomic E-state index is 0.0216. The van der Waals surface area contributed by atoms with Gasteiger partial charge in [0, 0.05) is 44.0 Å². The van der Waals surface area contributed by atoms with E-state index in [4.69, 9.17) is 16.3 Å². The van der Waals surface area contributed by atoms with Crippen LogP contribution in [0.2, 0.25) is 5.02 Å². The zero-order chi connectivity index (χ0) is 20.9. The molecule has 2 aromatic rings. The summed E-state index contributed by atoms with van der Waals surface area (Å²) in [5.74, 6) is -0.202. The van der Waals surface area contributed by atoms with E-state index in [9.17, 15) is 9.59 Å². The Morgan fingerprint density at radius 2 is 1.97 bits per heavy atom. The summed E-state index contributed by atoms with van der Waals surface area (Å²) in [5.41, 5.74) is 3.11. The quantitative estimate of drug-likeness (QED) is 0.764. The molecule has 158 valence electrons. The van der Waals surface area contributed by atoms with Crippen LogP contribution in [0.25, 0.3) is 0 Å². The molecule has 2 fully saturated rings. The van der Waals surface area contributed by atoms with Gasteiger partial charge in [0.25, 0.3) is 5.91 Å². The number of carbonyl (C=O) groups is 2. The molecule has 2 saturated heterocycles. The van der Waals surface area contributed by atoms with Gasteiger partial charge in [0.2, 0.25) is 5.91 Å². The molecule has 0 bridgehead atoms. The molecule has 30 heavy (non-hydrogen) atoms. The Hall–Kier alpha value is -2.61. The molecule has 7 nitrogen and oxygen atoms in total. The van der Waals surface area contributed by atoms with Gasteiger partial charge in [-0.05, 0) is 35.9 Å². The van der Waals surface area contributed by atoms with Crippen molar-refractivity contribution < 1.29 is 14.3 Å². The number of hydrogen-bond acceptors (Lipinski definition) is 5. The SMILES string of the molecule is O=C1CN(c2ccc(NC(=O)c3cccc(CN4CCOCC4)c3)cc2Cl)CCN1. The minimum atomic E-state index is -0.181. The average molecular weight is 429 g/mol. The standard InChI is InChI=1S/C22H25ClN4O3/c23-19-13-18(4-5-20(19)27-7-6-24-21(28)15-27)25-22(29)17-3-1-2-16(12-17)14-26-8-10-30-11-9-26/h1-5,12-13H,6-11,14-15H2,(H,24,28)(H,25,29). The van der Waals surface area contributed by atoms with Crippen LogP contribution in [-0.2, 0) is 16.1 Å². The monoisotopic (exact) mass is 428 g/mol. The lowest BCUT2D eigenvalue weighted by atomic mass is 10.1. The number of piperazine rings is 1. The van der Waals surface area contributed by atoms with Crippen molar-refractivity contribution in [3.63, 3.8) is 0 Å². The largest absolute Gasteiger partial charge is 0.379 e. The molecule has 0 aliphatic carbocycles. The third kappa shape index (κ3) is 5.11. The predicted octanol–water partition coefficient (Wildman–Crippen LogP) is 2.36. The molecule has 0 unspecified atom stereocenters. The number of halogens is 1. The molecule has 0 saturated carbocycles. The Kier molecular flexibility index (Phi) is 6.52. The van der Waals surface area contributed by atoms with Crippen molar-refractivity contribution in [3.05, 3.63) is 58.6 Å². The summed E-state index contributed by atoms with van der Waals surface area (Å²) >= 11 is 6.43. The van der Waals surface area contributed by atoms with Gasteiger partial charge in [-0.2, -0.15) is 0 Å². The van der Waals surface area contributed by atoms with Crippen molar-refractivity contribution in [2.45, 2.75) is 6.54 Å². The number of ether oxygens (including phenoxy) is 1. The van der Waals surface area contributed by atoms with Crippen molar-refractivity contribution >= 4 is 34.8 Å². The second-order valence-corrected chi connectivity index (χ2v) is 7.89. The van der Waals surface area contributed by atoms with Gasteiger partial charge in [-0.3, -0.25) is 14.5 Å². The van der Waals surface area contributed by atoms with Crippen molar-refractivity contribution in [2.75, 3.05) is 56.2 Å². The Bertz CT molecular complexity index is 930. The molecule has 8 heteroatoms. The summed E-state index contributed by atoms with van der Waals surface area (Å²) in [4.78, 5) is 28.6. The van der Waals surface area contributed by atoms with E-state index >= 15 is 0 Å². The van der Waals surface area contributed by atoms with Crippen molar-refractivity contribution in [1.29, 1.82) is 0 Å². The first-order valence-corrected chi connectivity index (χ1v) is 10.5. The van der Waals surface area contributed by atoms with E-state index in [1.165, 1.54) is 0 Å². The normalized spacial score (nSPS) is 17.5. The Morgan fingerprint density at radius 3 is 2.73 bits per heavy atom. The molecular weight excluding hydrogens is 404 g/mol. The number of nitrogens with zero attached hydrogens (tertiary/aromatic N) is 2. The van der Waals surface area contributed by atoms with Gasteiger partial charge in [-0.1, -0.05) is 23.7 Å². The lowest BCUT2D eigenvalue weighted by Gasteiger charge is -2.29. The maximum atomic E-state index is 12.7. The van der Waals surface area contributed by atoms with Crippen LogP contribution in [0.3, 0.4) is 0 Å². The van der Waals surface area contributed by atoms with E-state index in [1.54, 1.807) is 12.1 Å². The Labute approximate surface area is 180 Å². The van der Waals surface area contributed by atoms with Crippen LogP contribution in [0.15, 0.2) is 42.5 Å². The molecule has 4 rings (SSSR count). The molecule has 2 aromatic carbocycles. The summed E-state index contributed by atoms with van der Waals surface area (Å²) in [5, 5.41) is 6.21. The number of morpholine rings is 1. The minimum Gasteiger partial charge on any atom is -0.379 e. The summed E-state index contributed by atoms with van der Waals surface area (Å²) < 4.78 is 5.39. The average Bonchev–Trinajstić information content (AvgIpc) is 2.75. The van der Waals surface area contributed by atoms with E-state index < -0.39 is 0 Å². The van der Waals surface area contributed by atoms with Crippen LogP contribution < -0.4 is 15.5 Å². The van der Waals surface area contributed by atoms with Crippen molar-refractivity contribution in [2.24, 2.45) is 0 Å². The maximum absolute atomic E-state index is 12.7. The first kappa shape index (κ1) is 20.7. The van der Waals surface area contributed by atoms with Crippen LogP contribution in [0, 0.1) is 0 Å². The van der Waals surface area contributed by atoms with Gasteiger partial charge in [0.05, 0.1) is 30.5 Å². The van der Waals surface area contributed by atoms with Gasteiger partial charge in [-0.15, -0.1) is 0 Å². The summed E-state index contributed by atoms with van der Waals surface area (Å²) in [6.45, 7) is 5.68. The lowest BCUT2D eigenvalue weighted by Crippen LogP contribution is -2.47. The summed E-state index contributed by atoms with van der Waals surface area (Å²) in [7, 11) is 0. The van der Waals surface area contributed by atoms with E-state index in [2.05, 4.69) is 15.5 Å². The molecule has 2 heterocycles. The van der Waals surface area contributed by atoms with Gasteiger partial charge < -0.3 is 20.3 Å². The zero-order valence-electron chi connectivity index (χ0n) is 16.7. The number of anilines is 2. The van der Waals surface area contributed by atoms with Crippen LogP contribution in [-0.4, -0.2) is 62.7 Å². The number of rotatable bonds is 5. The molecular formula is C22H25ClN4O3. The highest BCUT2D eigenvalue weighted by molar-refractivity contribution is 6.33. The van der Waals surface area contributed by atoms with E-state index in [-0.39, 0.29) is 18.4 Å². The Balaban J connectivity index is 1.41. The van der Waals surface area contributed by atoms with Gasteiger partial charge in [-0.25, -0.2) is 0 Å². The topological polar surface area (TPSA) is 73.9 Å². The predicted molar refractivity (Wildman–Crippen MR) is 117 cm³/mol. The molecule has 2 aliphatic heterocycles. The van der Waals surface area contributed by atoms with Crippen LogP contribution in [0.4, 0.5) is 11.4 Å². The van der Waals surface area contributed by atoms with Crippen molar-refractivity contribution in [1.82, 2.24) is 10.2 Å². The number of amides is 2. The molecule has 0 spiro atoms. The second-order valence-electron chi connectivity index (χ2n) is 7.48. The van der Waals surface area contributed by atoms with Crippen LogP contribution >= 0.6 is 11.6 Å². The third-order valence-electron chi connectivity index (χ3n) is 5.28. The lowest BCUT2D eigenvalue weighted by molar-refractivity contribution is -0.120. The Morgan fingerprint density at radius 1 is 1.13 bits per heavy atom. The first-order chi connectivity index (χ1) is 14.6. The number of nitrogens with one attached hydrogen (secondary N) is 2. The molecule has 0 aromatic heterocycles. The smallest absolute Gasteiger partial charge is 0.255 e. The number of carbonyl (C=O) groups excluding carboxylic acids is 2. The zero-order valence-corrected chi connectivity index (χ0v) is 17.5. The van der Waals surface area contributed by atoms with Crippen LogP contribution in [0.5, 0.6) is 0 Å². The van der Waals surface area contributed by atoms with Gasteiger partial charge in [0.1, 0.15) is 0 Å². The highest BCUT2D eigenvalue weighted by Crippen LogP contribution is 2.29. The molecule has 2 aliphatic rings. The summed E-state index contributed by atoms with van der Waals surface area (Å²) in [6, 6.07) is 13.0. The van der Waals surface area contributed by atoms with Gasteiger partial charge >= 0.3 is 0 Å². The fraction of sp³-hybridized carbons (Fsp3) is 0.364. The second kappa shape index (κ2) is 9.47. The molecule has 2 N–H and O–H groups in total. The van der Waals surface area contributed by atoms with E-state index in [0.717, 1.165) is 44.1 Å². The molecule has 0 atom stereocenters. The number of benzene rings is 2. The maximum Gasteiger partial charge on any atom is 0.255 e. The highest BCUT2D eigenvalue weighted by Gasteiger charge is 2.19. The van der Waals surface area contributed by atoms with Gasteiger partial charge in [0.15, 0.2) is 0 Å². The summed E-state index contributed by atoms with van der Waals surface area (Å²) in [6.07, 6.45) is 0. The number of hydrogen-bond donors (Lipinski definition) is 2. The van der Waals surface area contributed by atoms with E-state index in [0.29, 0.717) is 29.4 Å². The first-order valence-electron chi connectivity index (χ1n) is 10.1. The van der Waals surface area contributed by atoms with Crippen LogP contribution in [0.1, 0.15) is 15.9 Å². The highest BCUT2D eigenvalue weighted by atomic mass is 35.5. The molecule has 2 amide bonds. The van der Waals surface area contributed by atoms with Crippen molar-refractivity contribution in [3.8, 4) is 0 Å². The third-order valence-corrected chi connectivity index (χ3v) is 5.59. The fourth-order valence-electron chi connectivity index (χ4n) is 3.72. The van der Waals surface area contributed by atoms with E-state index in [1.807, 2.05) is 35.2 Å². The fourth-order valence-corrected chi connectivity index (χ4v) is 4.02.